The maximum Gasteiger partial charge on any atom is 0.276 e. The Morgan fingerprint density at radius 3 is 3.06 bits per heavy atom. The monoisotopic (exact) mass is 305 g/mol. The Morgan fingerprint density at radius 1 is 1.56 bits per heavy atom. The van der Waals surface area contributed by atoms with Crippen molar-refractivity contribution in [3.8, 4) is 0 Å². The van der Waals surface area contributed by atoms with E-state index in [0.717, 1.165) is 18.1 Å². The Labute approximate surface area is 118 Å². The highest BCUT2D eigenvalue weighted by molar-refractivity contribution is 8.06. The molecule has 0 spiro atoms. The van der Waals surface area contributed by atoms with Crippen LogP contribution in [0.3, 0.4) is 0 Å². The highest BCUT2D eigenvalue weighted by atomic mass is 35.5. The predicted molar refractivity (Wildman–Crippen MR) is 78.0 cm³/mol. The zero-order chi connectivity index (χ0) is 13.0. The summed E-state index contributed by atoms with van der Waals surface area (Å²) >= 11 is 9.60. The number of nitrogens with zero attached hydrogens (tertiary/aromatic N) is 2. The van der Waals surface area contributed by atoms with Crippen molar-refractivity contribution in [1.29, 1.82) is 0 Å². The second-order valence-electron chi connectivity index (χ2n) is 3.74. The summed E-state index contributed by atoms with van der Waals surface area (Å²) in [4.78, 5) is 14.3. The lowest BCUT2D eigenvalue weighted by molar-refractivity contribution is -0.384. The van der Waals surface area contributed by atoms with Crippen LogP contribution in [0.1, 0.15) is 0 Å². The number of hydrogen-bond donors (Lipinski definition) is 1. The van der Waals surface area contributed by atoms with Crippen LogP contribution >= 0.6 is 35.1 Å². The summed E-state index contributed by atoms with van der Waals surface area (Å²) in [5.74, 6) is 3.91. The van der Waals surface area contributed by atoms with Crippen LogP contribution in [0.2, 0.25) is 5.15 Å². The third-order valence-corrected chi connectivity index (χ3v) is 5.42. The molecule has 0 aromatic carbocycles. The number of halogens is 1. The molecule has 2 heterocycles. The minimum absolute atomic E-state index is 0.0387. The molecule has 1 aliphatic heterocycles. The van der Waals surface area contributed by atoms with E-state index >= 15 is 0 Å². The molecule has 1 aliphatic rings. The Hall–Kier alpha value is -0.660. The van der Waals surface area contributed by atoms with Gasteiger partial charge in [-0.05, 0) is 0 Å². The second-order valence-corrected chi connectivity index (χ2v) is 6.68. The quantitative estimate of drug-likeness (QED) is 0.524. The lowest BCUT2D eigenvalue weighted by atomic mass is 10.4. The maximum absolute atomic E-state index is 10.7. The largest absolute Gasteiger partial charge is 0.369 e. The average Bonchev–Trinajstić information content (AvgIpc) is 2.37. The van der Waals surface area contributed by atoms with Gasteiger partial charge in [-0.1, -0.05) is 11.6 Å². The van der Waals surface area contributed by atoms with E-state index < -0.39 is 4.92 Å². The van der Waals surface area contributed by atoms with E-state index in [1.165, 1.54) is 17.9 Å². The van der Waals surface area contributed by atoms with Gasteiger partial charge in [0.05, 0.1) is 17.1 Å². The third kappa shape index (κ3) is 3.93. The van der Waals surface area contributed by atoms with E-state index in [4.69, 9.17) is 11.6 Å². The van der Waals surface area contributed by atoms with Crippen LogP contribution < -0.4 is 5.32 Å². The lowest BCUT2D eigenvalue weighted by Crippen LogP contribution is -2.23. The first-order valence-electron chi connectivity index (χ1n) is 5.40. The van der Waals surface area contributed by atoms with Crippen LogP contribution in [0.5, 0.6) is 0 Å². The normalized spacial score (nSPS) is 19.5. The zero-order valence-corrected chi connectivity index (χ0v) is 11.9. The van der Waals surface area contributed by atoms with Crippen molar-refractivity contribution >= 4 is 46.6 Å². The van der Waals surface area contributed by atoms with E-state index in [0.29, 0.717) is 11.1 Å². The van der Waals surface area contributed by atoms with Crippen molar-refractivity contribution in [1.82, 2.24) is 4.98 Å². The van der Waals surface area contributed by atoms with Gasteiger partial charge in [0.2, 0.25) is 0 Å². The molecule has 8 heteroatoms. The molecule has 0 radical (unpaired) electrons. The molecule has 18 heavy (non-hydrogen) atoms. The van der Waals surface area contributed by atoms with Crippen molar-refractivity contribution in [2.45, 2.75) is 5.25 Å². The summed E-state index contributed by atoms with van der Waals surface area (Å²) in [6.07, 6.45) is 0. The molecule has 0 saturated carbocycles. The Balaban J connectivity index is 1.97. The number of nitro groups is 1. The number of thioether (sulfide) groups is 2. The molecule has 1 saturated heterocycles. The van der Waals surface area contributed by atoms with Crippen LogP contribution in [0.25, 0.3) is 0 Å². The SMILES string of the molecule is O=[N+]([O-])c1cc(Cl)nc(NCC2CSCCS2)c1. The number of pyridine rings is 1. The highest BCUT2D eigenvalue weighted by Gasteiger charge is 2.15. The topological polar surface area (TPSA) is 68.1 Å². The minimum atomic E-state index is -0.468. The van der Waals surface area contributed by atoms with Crippen molar-refractivity contribution in [2.75, 3.05) is 29.1 Å². The zero-order valence-electron chi connectivity index (χ0n) is 9.47. The van der Waals surface area contributed by atoms with Gasteiger partial charge in [-0.3, -0.25) is 10.1 Å². The Bertz CT molecular complexity index is 441. The number of hydrogen-bond acceptors (Lipinski definition) is 6. The van der Waals surface area contributed by atoms with Gasteiger partial charge in [-0.15, -0.1) is 0 Å². The molecule has 1 N–H and O–H groups in total. The molecule has 5 nitrogen and oxygen atoms in total. The predicted octanol–water partition coefficient (Wildman–Crippen LogP) is 2.90. The molecule has 0 aliphatic carbocycles. The fourth-order valence-electron chi connectivity index (χ4n) is 1.55. The van der Waals surface area contributed by atoms with Crippen LogP contribution in [0, 0.1) is 10.1 Å². The second kappa shape index (κ2) is 6.49. The van der Waals surface area contributed by atoms with Crippen LogP contribution in [0.15, 0.2) is 12.1 Å². The standard InChI is InChI=1S/C10H12ClN3O2S2/c11-9-3-7(14(15)16)4-10(13-9)12-5-8-6-17-1-2-18-8/h3-4,8H,1-2,5-6H2,(H,12,13). The van der Waals surface area contributed by atoms with E-state index in [1.807, 2.05) is 23.5 Å². The molecule has 1 aromatic heterocycles. The van der Waals surface area contributed by atoms with Crippen molar-refractivity contribution in [2.24, 2.45) is 0 Å². The molecular formula is C10H12ClN3O2S2. The fraction of sp³-hybridized carbons (Fsp3) is 0.500. The highest BCUT2D eigenvalue weighted by Crippen LogP contribution is 2.25. The number of aromatic nitrogens is 1. The van der Waals surface area contributed by atoms with Gasteiger partial charge in [0.25, 0.3) is 5.69 Å². The summed E-state index contributed by atoms with van der Waals surface area (Å²) in [6.45, 7) is 0.752. The van der Waals surface area contributed by atoms with E-state index in [1.54, 1.807) is 0 Å². The Morgan fingerprint density at radius 2 is 2.39 bits per heavy atom. The van der Waals surface area contributed by atoms with Gasteiger partial charge in [0.1, 0.15) is 11.0 Å². The first-order valence-corrected chi connectivity index (χ1v) is 7.98. The van der Waals surface area contributed by atoms with E-state index in [-0.39, 0.29) is 10.8 Å². The van der Waals surface area contributed by atoms with Gasteiger partial charge < -0.3 is 5.32 Å². The summed E-state index contributed by atoms with van der Waals surface area (Å²) in [7, 11) is 0. The number of nitrogens with one attached hydrogen (secondary N) is 1. The van der Waals surface area contributed by atoms with Gasteiger partial charge in [0.15, 0.2) is 0 Å². The molecule has 1 fully saturated rings. The molecule has 2 rings (SSSR count). The third-order valence-electron chi connectivity index (χ3n) is 2.39. The van der Waals surface area contributed by atoms with E-state index in [9.17, 15) is 10.1 Å². The molecule has 0 amide bonds. The summed E-state index contributed by atoms with van der Waals surface area (Å²) < 4.78 is 0. The molecule has 1 aromatic rings. The molecule has 98 valence electrons. The summed E-state index contributed by atoms with van der Waals surface area (Å²) in [6, 6.07) is 2.66. The molecule has 1 atom stereocenters. The summed E-state index contributed by atoms with van der Waals surface area (Å²) in [5, 5.41) is 14.5. The Kier molecular flexibility index (Phi) is 4.96. The van der Waals surface area contributed by atoms with Crippen molar-refractivity contribution in [3.63, 3.8) is 0 Å². The van der Waals surface area contributed by atoms with Gasteiger partial charge >= 0.3 is 0 Å². The number of anilines is 1. The lowest BCUT2D eigenvalue weighted by Gasteiger charge is -2.21. The van der Waals surface area contributed by atoms with Crippen LogP contribution in [0.4, 0.5) is 11.5 Å². The smallest absolute Gasteiger partial charge is 0.276 e. The molecular weight excluding hydrogens is 294 g/mol. The molecule has 0 bridgehead atoms. The molecule has 1 unspecified atom stereocenters. The summed E-state index contributed by atoms with van der Waals surface area (Å²) in [5.41, 5.74) is -0.0387. The van der Waals surface area contributed by atoms with Crippen molar-refractivity contribution < 1.29 is 4.92 Å². The minimum Gasteiger partial charge on any atom is -0.369 e. The fourth-order valence-corrected chi connectivity index (χ4v) is 4.37. The van der Waals surface area contributed by atoms with Crippen LogP contribution in [-0.2, 0) is 0 Å². The van der Waals surface area contributed by atoms with Gasteiger partial charge in [-0.25, -0.2) is 4.98 Å². The maximum atomic E-state index is 10.7. The van der Waals surface area contributed by atoms with E-state index in [2.05, 4.69) is 10.3 Å². The van der Waals surface area contributed by atoms with Crippen molar-refractivity contribution in [3.05, 3.63) is 27.4 Å². The van der Waals surface area contributed by atoms with Crippen LogP contribution in [-0.4, -0.2) is 39.0 Å². The van der Waals surface area contributed by atoms with Gasteiger partial charge in [0, 0.05) is 29.1 Å². The number of rotatable bonds is 4. The van der Waals surface area contributed by atoms with Gasteiger partial charge in [-0.2, -0.15) is 23.5 Å². The first-order chi connectivity index (χ1) is 8.65. The first kappa shape index (κ1) is 13.8. The average molecular weight is 306 g/mol.